The standard InChI is InChI=1S/C30H30F3N3O4/c1-3-16-34-29(38)36-17-14-23(15-18-36)39-25-8-5-7-22(19-25)35-28(37)26-9-4-6-20(2)27(26)21-10-12-24(13-11-21)40-30(31,32)33/h3-13,19,23H,1,14-18H2,2H3,(H,34,38)(H,35,37). The average molecular weight is 554 g/mol. The van der Waals surface area contributed by atoms with Gasteiger partial charge in [0.1, 0.15) is 17.6 Å². The number of rotatable bonds is 8. The van der Waals surface area contributed by atoms with Crippen LogP contribution in [0, 0.1) is 6.92 Å². The second-order valence-corrected chi connectivity index (χ2v) is 9.33. The molecule has 1 aliphatic heterocycles. The van der Waals surface area contributed by atoms with E-state index in [2.05, 4.69) is 21.9 Å². The van der Waals surface area contributed by atoms with Crippen molar-refractivity contribution in [1.29, 1.82) is 0 Å². The van der Waals surface area contributed by atoms with Crippen LogP contribution < -0.4 is 20.1 Å². The van der Waals surface area contributed by atoms with Gasteiger partial charge in [-0.15, -0.1) is 19.8 Å². The number of anilines is 1. The number of benzene rings is 3. The zero-order valence-electron chi connectivity index (χ0n) is 22.0. The normalized spacial score (nSPS) is 13.8. The fourth-order valence-electron chi connectivity index (χ4n) is 4.55. The predicted molar refractivity (Wildman–Crippen MR) is 147 cm³/mol. The molecule has 4 rings (SSSR count). The fraction of sp³-hybridized carbons (Fsp3) is 0.267. The Labute approximate surface area is 230 Å². The molecule has 1 saturated heterocycles. The molecule has 0 atom stereocenters. The van der Waals surface area contributed by atoms with Gasteiger partial charge in [0.15, 0.2) is 0 Å². The Morgan fingerprint density at radius 3 is 2.40 bits per heavy atom. The highest BCUT2D eigenvalue weighted by Gasteiger charge is 2.31. The SMILES string of the molecule is C=CCNC(=O)N1CCC(Oc2cccc(NC(=O)c3cccc(C)c3-c3ccc(OC(F)(F)F)cc3)c2)CC1. The lowest BCUT2D eigenvalue weighted by Gasteiger charge is -2.32. The minimum atomic E-state index is -4.79. The van der Waals surface area contributed by atoms with Crippen LogP contribution in [0.1, 0.15) is 28.8 Å². The van der Waals surface area contributed by atoms with Gasteiger partial charge in [-0.25, -0.2) is 4.79 Å². The first-order valence-electron chi connectivity index (χ1n) is 12.8. The molecule has 3 aromatic carbocycles. The Morgan fingerprint density at radius 1 is 1.02 bits per heavy atom. The van der Waals surface area contributed by atoms with Crippen molar-refractivity contribution >= 4 is 17.6 Å². The molecule has 0 aliphatic carbocycles. The summed E-state index contributed by atoms with van der Waals surface area (Å²) in [6.07, 6.45) is -1.86. The number of nitrogens with one attached hydrogen (secondary N) is 2. The molecule has 2 N–H and O–H groups in total. The van der Waals surface area contributed by atoms with Crippen LogP contribution in [0.25, 0.3) is 11.1 Å². The number of alkyl halides is 3. The van der Waals surface area contributed by atoms with Crippen LogP contribution in [-0.2, 0) is 0 Å². The highest BCUT2D eigenvalue weighted by molar-refractivity contribution is 6.09. The van der Waals surface area contributed by atoms with Gasteiger partial charge in [0.05, 0.1) is 0 Å². The van der Waals surface area contributed by atoms with Gasteiger partial charge in [-0.1, -0.05) is 36.4 Å². The Morgan fingerprint density at radius 2 is 1.73 bits per heavy atom. The lowest BCUT2D eigenvalue weighted by Crippen LogP contribution is -2.46. The minimum absolute atomic E-state index is 0.0675. The summed E-state index contributed by atoms with van der Waals surface area (Å²) in [5.74, 6) is -0.114. The summed E-state index contributed by atoms with van der Waals surface area (Å²) >= 11 is 0. The number of hydrogen-bond donors (Lipinski definition) is 2. The summed E-state index contributed by atoms with van der Waals surface area (Å²) in [5.41, 5.74) is 2.89. The molecule has 0 unspecified atom stereocenters. The topological polar surface area (TPSA) is 79.9 Å². The molecule has 0 aromatic heterocycles. The maximum absolute atomic E-state index is 13.3. The van der Waals surface area contributed by atoms with Crippen molar-refractivity contribution < 1.29 is 32.2 Å². The summed E-state index contributed by atoms with van der Waals surface area (Å²) in [6, 6.07) is 17.6. The zero-order chi connectivity index (χ0) is 28.7. The Kier molecular flexibility index (Phi) is 8.98. The number of carbonyl (C=O) groups is 2. The molecule has 1 fully saturated rings. The fourth-order valence-corrected chi connectivity index (χ4v) is 4.55. The van der Waals surface area contributed by atoms with E-state index in [1.807, 2.05) is 19.1 Å². The summed E-state index contributed by atoms with van der Waals surface area (Å²) in [7, 11) is 0. The average Bonchev–Trinajstić information content (AvgIpc) is 2.92. The first kappa shape index (κ1) is 28.5. The van der Waals surface area contributed by atoms with E-state index in [-0.39, 0.29) is 23.8 Å². The van der Waals surface area contributed by atoms with Gasteiger partial charge in [-0.3, -0.25) is 4.79 Å². The molecule has 210 valence electrons. The van der Waals surface area contributed by atoms with Crippen molar-refractivity contribution in [2.45, 2.75) is 32.2 Å². The summed E-state index contributed by atoms with van der Waals surface area (Å²) in [5, 5.41) is 5.67. The van der Waals surface area contributed by atoms with Crippen molar-refractivity contribution in [3.63, 3.8) is 0 Å². The molecule has 0 radical (unpaired) electrons. The number of likely N-dealkylation sites (tertiary alicyclic amines) is 1. The third kappa shape index (κ3) is 7.56. The number of hydrogen-bond acceptors (Lipinski definition) is 4. The molecular weight excluding hydrogens is 523 g/mol. The minimum Gasteiger partial charge on any atom is -0.490 e. The summed E-state index contributed by atoms with van der Waals surface area (Å²) in [6.45, 7) is 6.99. The van der Waals surface area contributed by atoms with Crippen LogP contribution >= 0.6 is 0 Å². The molecular formula is C30H30F3N3O4. The quantitative estimate of drug-likeness (QED) is 0.310. The lowest BCUT2D eigenvalue weighted by molar-refractivity contribution is -0.274. The summed E-state index contributed by atoms with van der Waals surface area (Å²) in [4.78, 5) is 27.2. The van der Waals surface area contributed by atoms with Crippen LogP contribution in [0.2, 0.25) is 0 Å². The zero-order valence-corrected chi connectivity index (χ0v) is 22.0. The maximum atomic E-state index is 13.3. The monoisotopic (exact) mass is 553 g/mol. The van der Waals surface area contributed by atoms with Gasteiger partial charge < -0.3 is 25.0 Å². The van der Waals surface area contributed by atoms with Gasteiger partial charge in [0.2, 0.25) is 0 Å². The second-order valence-electron chi connectivity index (χ2n) is 9.33. The van der Waals surface area contributed by atoms with Crippen molar-refractivity contribution in [1.82, 2.24) is 10.2 Å². The first-order chi connectivity index (χ1) is 19.1. The third-order valence-corrected chi connectivity index (χ3v) is 6.42. The van der Waals surface area contributed by atoms with Crippen LogP contribution in [0.4, 0.5) is 23.7 Å². The number of urea groups is 1. The van der Waals surface area contributed by atoms with E-state index in [4.69, 9.17) is 4.74 Å². The number of halogens is 3. The van der Waals surface area contributed by atoms with Crippen molar-refractivity contribution in [3.8, 4) is 22.6 Å². The van der Waals surface area contributed by atoms with E-state index in [0.717, 1.165) is 5.56 Å². The number of carbonyl (C=O) groups excluding carboxylic acids is 2. The highest BCUT2D eigenvalue weighted by Crippen LogP contribution is 2.31. The van der Waals surface area contributed by atoms with Gasteiger partial charge in [0.25, 0.3) is 5.91 Å². The van der Waals surface area contributed by atoms with Crippen LogP contribution in [0.5, 0.6) is 11.5 Å². The predicted octanol–water partition coefficient (Wildman–Crippen LogP) is 6.55. The molecule has 1 aliphatic rings. The van der Waals surface area contributed by atoms with Crippen molar-refractivity contribution in [2.24, 2.45) is 0 Å². The van der Waals surface area contributed by atoms with Gasteiger partial charge >= 0.3 is 12.4 Å². The molecule has 1 heterocycles. The number of nitrogens with zero attached hydrogens (tertiary/aromatic N) is 1. The Hall–Kier alpha value is -4.47. The van der Waals surface area contributed by atoms with Crippen molar-refractivity contribution in [2.75, 3.05) is 25.0 Å². The Bertz CT molecular complexity index is 1350. The van der Waals surface area contributed by atoms with E-state index in [0.29, 0.717) is 60.6 Å². The van der Waals surface area contributed by atoms with Crippen LogP contribution in [0.15, 0.2) is 79.4 Å². The molecule has 3 amide bonds. The van der Waals surface area contributed by atoms with Gasteiger partial charge in [0, 0.05) is 49.8 Å². The lowest BCUT2D eigenvalue weighted by atomic mass is 9.94. The number of amides is 3. The summed E-state index contributed by atoms with van der Waals surface area (Å²) < 4.78 is 47.7. The molecule has 40 heavy (non-hydrogen) atoms. The molecule has 0 bridgehead atoms. The third-order valence-electron chi connectivity index (χ3n) is 6.42. The van der Waals surface area contributed by atoms with E-state index in [9.17, 15) is 22.8 Å². The molecule has 3 aromatic rings. The number of aryl methyl sites for hydroxylation is 1. The highest BCUT2D eigenvalue weighted by atomic mass is 19.4. The number of ether oxygens (including phenoxy) is 2. The molecule has 10 heteroatoms. The molecule has 0 spiro atoms. The van der Waals surface area contributed by atoms with E-state index in [1.165, 1.54) is 24.3 Å². The second kappa shape index (κ2) is 12.6. The number of piperidine rings is 1. The molecule has 7 nitrogen and oxygen atoms in total. The van der Waals surface area contributed by atoms with Gasteiger partial charge in [-0.2, -0.15) is 0 Å². The van der Waals surface area contributed by atoms with Gasteiger partial charge in [-0.05, 0) is 53.9 Å². The maximum Gasteiger partial charge on any atom is 0.573 e. The van der Waals surface area contributed by atoms with E-state index in [1.54, 1.807) is 41.3 Å². The van der Waals surface area contributed by atoms with Crippen molar-refractivity contribution in [3.05, 3.63) is 90.5 Å². The largest absolute Gasteiger partial charge is 0.573 e. The van der Waals surface area contributed by atoms with Crippen LogP contribution in [-0.4, -0.2) is 48.9 Å². The van der Waals surface area contributed by atoms with E-state index < -0.39 is 6.36 Å². The first-order valence-corrected chi connectivity index (χ1v) is 12.8. The van der Waals surface area contributed by atoms with Crippen LogP contribution in [0.3, 0.4) is 0 Å². The smallest absolute Gasteiger partial charge is 0.490 e. The Balaban J connectivity index is 1.42. The van der Waals surface area contributed by atoms with E-state index >= 15 is 0 Å². The molecule has 0 saturated carbocycles.